The number of hydrogen-bond donors (Lipinski definition) is 1. The summed E-state index contributed by atoms with van der Waals surface area (Å²) in [4.78, 5) is 30.0. The summed E-state index contributed by atoms with van der Waals surface area (Å²) in [5.74, 6) is -1.84. The highest BCUT2D eigenvalue weighted by Gasteiger charge is 2.40. The minimum atomic E-state index is -0.854. The van der Waals surface area contributed by atoms with E-state index >= 15 is 0 Å². The topological polar surface area (TPSA) is 70.5 Å². The summed E-state index contributed by atoms with van der Waals surface area (Å²) in [7, 11) is 0. The van der Waals surface area contributed by atoms with Gasteiger partial charge in [-0.2, -0.15) is 0 Å². The van der Waals surface area contributed by atoms with Crippen LogP contribution in [0.5, 0.6) is 0 Å². The molecular weight excluding hydrogens is 268 g/mol. The van der Waals surface area contributed by atoms with Crippen molar-refractivity contribution in [3.8, 4) is 0 Å². The van der Waals surface area contributed by atoms with E-state index in [1.165, 1.54) is 0 Å². The minimum absolute atomic E-state index is 0.0227. The van der Waals surface area contributed by atoms with Gasteiger partial charge in [0.25, 0.3) is 0 Å². The second kappa shape index (κ2) is 6.70. The highest BCUT2D eigenvalue weighted by Crippen LogP contribution is 2.34. The Kier molecular flexibility index (Phi) is 4.94. The number of amides is 1. The first kappa shape index (κ1) is 15.5. The van der Waals surface area contributed by atoms with Crippen molar-refractivity contribution in [2.75, 3.05) is 0 Å². The number of pyridine rings is 1. The molecule has 1 heterocycles. The molecule has 1 aliphatic rings. The summed E-state index contributed by atoms with van der Waals surface area (Å²) in [6.07, 6.45) is 3.78. The van der Waals surface area contributed by atoms with Gasteiger partial charge in [-0.15, -0.1) is 0 Å². The first-order valence-electron chi connectivity index (χ1n) is 7.44. The van der Waals surface area contributed by atoms with E-state index in [9.17, 15) is 14.7 Å². The Labute approximate surface area is 125 Å². The quantitative estimate of drug-likeness (QED) is 0.903. The van der Waals surface area contributed by atoms with Gasteiger partial charge in [0, 0.05) is 12.2 Å². The molecule has 2 atom stereocenters. The van der Waals surface area contributed by atoms with Crippen LogP contribution in [0, 0.1) is 11.8 Å². The number of aliphatic carboxylic acids is 1. The molecule has 5 nitrogen and oxygen atoms in total. The predicted molar refractivity (Wildman–Crippen MR) is 78.4 cm³/mol. The summed E-state index contributed by atoms with van der Waals surface area (Å²) < 4.78 is 0. The van der Waals surface area contributed by atoms with Crippen LogP contribution in [0.25, 0.3) is 0 Å². The third kappa shape index (κ3) is 3.60. The third-order valence-corrected chi connectivity index (χ3v) is 4.12. The highest BCUT2D eigenvalue weighted by atomic mass is 16.4. The molecule has 0 aromatic carbocycles. The lowest BCUT2D eigenvalue weighted by molar-refractivity contribution is -0.150. The van der Waals surface area contributed by atoms with Crippen LogP contribution in [0.4, 0.5) is 0 Å². The lowest BCUT2D eigenvalue weighted by atomic mass is 9.94. The second-order valence-corrected chi connectivity index (χ2v) is 5.86. The largest absolute Gasteiger partial charge is 0.481 e. The first-order chi connectivity index (χ1) is 10.0. The van der Waals surface area contributed by atoms with Gasteiger partial charge < -0.3 is 10.0 Å². The standard InChI is InChI=1S/C16H22N2O3/c1-11(2)18(10-12-6-3-4-9-17-12)15(19)13-7-5-8-14(13)16(20)21/h3-4,6,9,11,13-14H,5,7-8,10H2,1-2H3,(H,20,21)/t13-,14+/m1/s1. The molecule has 1 aromatic rings. The van der Waals surface area contributed by atoms with Crippen LogP contribution in [0.2, 0.25) is 0 Å². The number of aromatic nitrogens is 1. The normalized spacial score (nSPS) is 21.5. The van der Waals surface area contributed by atoms with E-state index in [0.29, 0.717) is 19.4 Å². The fourth-order valence-corrected chi connectivity index (χ4v) is 2.95. The minimum Gasteiger partial charge on any atom is -0.481 e. The van der Waals surface area contributed by atoms with Crippen molar-refractivity contribution in [2.45, 2.75) is 45.7 Å². The molecule has 114 valence electrons. The zero-order valence-corrected chi connectivity index (χ0v) is 12.5. The second-order valence-electron chi connectivity index (χ2n) is 5.86. The molecule has 0 unspecified atom stereocenters. The van der Waals surface area contributed by atoms with Crippen LogP contribution in [-0.4, -0.2) is 32.9 Å². The summed E-state index contributed by atoms with van der Waals surface area (Å²) >= 11 is 0. The van der Waals surface area contributed by atoms with Gasteiger partial charge in [-0.1, -0.05) is 12.5 Å². The van der Waals surface area contributed by atoms with E-state index in [1.54, 1.807) is 11.1 Å². The Morgan fingerprint density at radius 1 is 1.33 bits per heavy atom. The summed E-state index contributed by atoms with van der Waals surface area (Å²) in [5.41, 5.74) is 0.824. The Bertz CT molecular complexity index is 502. The molecular formula is C16H22N2O3. The molecule has 0 aliphatic heterocycles. The molecule has 21 heavy (non-hydrogen) atoms. The summed E-state index contributed by atoms with van der Waals surface area (Å²) in [6, 6.07) is 5.63. The Morgan fingerprint density at radius 3 is 2.62 bits per heavy atom. The molecule has 0 spiro atoms. The van der Waals surface area contributed by atoms with E-state index in [1.807, 2.05) is 32.0 Å². The van der Waals surface area contributed by atoms with Crippen molar-refractivity contribution in [1.29, 1.82) is 0 Å². The van der Waals surface area contributed by atoms with Crippen molar-refractivity contribution in [2.24, 2.45) is 11.8 Å². The maximum Gasteiger partial charge on any atom is 0.307 e. The van der Waals surface area contributed by atoms with Crippen molar-refractivity contribution in [3.05, 3.63) is 30.1 Å². The first-order valence-corrected chi connectivity index (χ1v) is 7.44. The molecule has 1 amide bonds. The zero-order valence-electron chi connectivity index (χ0n) is 12.5. The van der Waals surface area contributed by atoms with E-state index in [0.717, 1.165) is 12.1 Å². The molecule has 1 aliphatic carbocycles. The van der Waals surface area contributed by atoms with Crippen LogP contribution in [-0.2, 0) is 16.1 Å². The van der Waals surface area contributed by atoms with Crippen molar-refractivity contribution in [3.63, 3.8) is 0 Å². The average molecular weight is 290 g/mol. The van der Waals surface area contributed by atoms with Crippen LogP contribution in [0.1, 0.15) is 38.8 Å². The molecule has 1 aromatic heterocycles. The molecule has 0 bridgehead atoms. The number of rotatable bonds is 5. The van der Waals surface area contributed by atoms with Crippen LogP contribution in [0.3, 0.4) is 0 Å². The molecule has 2 rings (SSSR count). The predicted octanol–water partition coefficient (Wildman–Crippen LogP) is 2.32. The third-order valence-electron chi connectivity index (χ3n) is 4.12. The fraction of sp³-hybridized carbons (Fsp3) is 0.562. The molecule has 0 radical (unpaired) electrons. The van der Waals surface area contributed by atoms with Gasteiger partial charge >= 0.3 is 5.97 Å². The van der Waals surface area contributed by atoms with Gasteiger partial charge in [-0.25, -0.2) is 0 Å². The molecule has 1 fully saturated rings. The Hall–Kier alpha value is -1.91. The van der Waals surface area contributed by atoms with Crippen molar-refractivity contribution < 1.29 is 14.7 Å². The number of carboxylic acid groups (broad SMARTS) is 1. The number of carboxylic acids is 1. The van der Waals surface area contributed by atoms with Crippen molar-refractivity contribution in [1.82, 2.24) is 9.88 Å². The SMILES string of the molecule is CC(C)N(Cc1ccccn1)C(=O)[C@@H]1CCC[C@@H]1C(=O)O. The van der Waals surface area contributed by atoms with Crippen LogP contribution < -0.4 is 0 Å². The summed E-state index contributed by atoms with van der Waals surface area (Å²) in [5, 5.41) is 9.26. The molecule has 1 saturated carbocycles. The van der Waals surface area contributed by atoms with Gasteiger partial charge in [0.05, 0.1) is 24.1 Å². The average Bonchev–Trinajstić information content (AvgIpc) is 2.94. The van der Waals surface area contributed by atoms with E-state index in [4.69, 9.17) is 0 Å². The van der Waals surface area contributed by atoms with Gasteiger partial charge in [-0.3, -0.25) is 14.6 Å². The zero-order chi connectivity index (χ0) is 15.4. The van der Waals surface area contributed by atoms with E-state index in [2.05, 4.69) is 4.98 Å². The maximum atomic E-state index is 12.7. The highest BCUT2D eigenvalue weighted by molar-refractivity contribution is 5.85. The Morgan fingerprint density at radius 2 is 2.05 bits per heavy atom. The van der Waals surface area contributed by atoms with Crippen molar-refractivity contribution >= 4 is 11.9 Å². The van der Waals surface area contributed by atoms with E-state index < -0.39 is 17.8 Å². The lowest BCUT2D eigenvalue weighted by Gasteiger charge is -2.30. The maximum absolute atomic E-state index is 12.7. The Balaban J connectivity index is 2.14. The summed E-state index contributed by atoms with van der Waals surface area (Å²) in [6.45, 7) is 4.33. The molecule has 1 N–H and O–H groups in total. The van der Waals surface area contributed by atoms with Gasteiger partial charge in [0.15, 0.2) is 0 Å². The number of hydrogen-bond acceptors (Lipinski definition) is 3. The molecule has 0 saturated heterocycles. The lowest BCUT2D eigenvalue weighted by Crippen LogP contribution is -2.42. The van der Waals surface area contributed by atoms with Gasteiger partial charge in [0.2, 0.25) is 5.91 Å². The van der Waals surface area contributed by atoms with Gasteiger partial charge in [0.1, 0.15) is 0 Å². The number of carbonyl (C=O) groups excluding carboxylic acids is 1. The van der Waals surface area contributed by atoms with Crippen LogP contribution in [0.15, 0.2) is 24.4 Å². The smallest absolute Gasteiger partial charge is 0.307 e. The monoisotopic (exact) mass is 290 g/mol. The fourth-order valence-electron chi connectivity index (χ4n) is 2.95. The van der Waals surface area contributed by atoms with Gasteiger partial charge in [-0.05, 0) is 38.8 Å². The number of carbonyl (C=O) groups is 2. The number of nitrogens with zero attached hydrogens (tertiary/aromatic N) is 2. The van der Waals surface area contributed by atoms with E-state index in [-0.39, 0.29) is 11.9 Å². The molecule has 5 heteroatoms. The van der Waals surface area contributed by atoms with Crippen LogP contribution >= 0.6 is 0 Å².